The van der Waals surface area contributed by atoms with Gasteiger partial charge in [-0.1, -0.05) is 35.5 Å². The second kappa shape index (κ2) is 7.68. The monoisotopic (exact) mass is 374 g/mol. The van der Waals surface area contributed by atoms with Crippen molar-refractivity contribution in [3.63, 3.8) is 0 Å². The maximum atomic E-state index is 5.73. The van der Waals surface area contributed by atoms with Crippen LogP contribution in [0.2, 0.25) is 0 Å². The van der Waals surface area contributed by atoms with Crippen molar-refractivity contribution in [1.82, 2.24) is 15.1 Å². The summed E-state index contributed by atoms with van der Waals surface area (Å²) in [6, 6.07) is 16.2. The summed E-state index contributed by atoms with van der Waals surface area (Å²) in [5.41, 5.74) is 3.95. The van der Waals surface area contributed by atoms with Gasteiger partial charge in [-0.25, -0.2) is 4.98 Å². The molecule has 0 radical (unpaired) electrons. The average Bonchev–Trinajstić information content (AvgIpc) is 3.13. The number of rotatable bonds is 6. The van der Waals surface area contributed by atoms with E-state index in [-0.39, 0.29) is 0 Å². The van der Waals surface area contributed by atoms with Crippen LogP contribution in [-0.2, 0) is 6.54 Å². The zero-order valence-corrected chi connectivity index (χ0v) is 16.2. The Hall–Kier alpha value is -3.41. The molecule has 2 aromatic heterocycles. The number of hydrogen-bond acceptors (Lipinski definition) is 6. The molecule has 0 aliphatic heterocycles. The van der Waals surface area contributed by atoms with E-state index in [0.29, 0.717) is 30.7 Å². The molecule has 0 unspecified atom stereocenters. The Labute approximate surface area is 163 Å². The van der Waals surface area contributed by atoms with Crippen LogP contribution in [0.5, 0.6) is 5.75 Å². The zero-order valence-electron chi connectivity index (χ0n) is 16.2. The summed E-state index contributed by atoms with van der Waals surface area (Å²) >= 11 is 0. The Morgan fingerprint density at radius 2 is 1.89 bits per heavy atom. The first-order chi connectivity index (χ1) is 13.6. The number of nitrogens with one attached hydrogen (secondary N) is 1. The van der Waals surface area contributed by atoms with Gasteiger partial charge in [0.25, 0.3) is 0 Å². The van der Waals surface area contributed by atoms with Gasteiger partial charge in [-0.3, -0.25) is 0 Å². The first kappa shape index (κ1) is 18.0. The van der Waals surface area contributed by atoms with Crippen molar-refractivity contribution in [2.45, 2.75) is 27.3 Å². The second-order valence-electron chi connectivity index (χ2n) is 6.61. The van der Waals surface area contributed by atoms with Crippen molar-refractivity contribution < 1.29 is 9.26 Å². The van der Waals surface area contributed by atoms with E-state index >= 15 is 0 Å². The molecule has 2 aromatic carbocycles. The normalized spacial score (nSPS) is 11.0. The third-order valence-electron chi connectivity index (χ3n) is 4.46. The maximum Gasteiger partial charge on any atom is 0.223 e. The highest BCUT2D eigenvalue weighted by Gasteiger charge is 2.15. The van der Waals surface area contributed by atoms with Crippen LogP contribution in [0, 0.1) is 13.8 Å². The van der Waals surface area contributed by atoms with Crippen molar-refractivity contribution in [3.8, 4) is 17.1 Å². The average molecular weight is 374 g/mol. The smallest absolute Gasteiger partial charge is 0.223 e. The van der Waals surface area contributed by atoms with Crippen LogP contribution < -0.4 is 10.1 Å². The molecule has 0 saturated carbocycles. The Morgan fingerprint density at radius 1 is 1.04 bits per heavy atom. The van der Waals surface area contributed by atoms with Gasteiger partial charge >= 0.3 is 0 Å². The summed E-state index contributed by atoms with van der Waals surface area (Å²) < 4.78 is 10.9. The minimum absolute atomic E-state index is 0.520. The number of aryl methyl sites for hydroxylation is 2. The Balaban J connectivity index is 1.74. The molecule has 6 nitrogen and oxygen atoms in total. The second-order valence-corrected chi connectivity index (χ2v) is 6.61. The third kappa shape index (κ3) is 3.67. The molecule has 0 fully saturated rings. The van der Waals surface area contributed by atoms with Crippen molar-refractivity contribution in [2.24, 2.45) is 0 Å². The van der Waals surface area contributed by atoms with E-state index in [2.05, 4.69) is 40.6 Å². The van der Waals surface area contributed by atoms with Crippen LogP contribution in [0.15, 0.2) is 53.1 Å². The molecule has 2 heterocycles. The molecule has 0 saturated heterocycles. The summed E-state index contributed by atoms with van der Waals surface area (Å²) in [6.07, 6.45) is 0. The molecule has 0 aliphatic rings. The molecule has 0 bridgehead atoms. The number of nitrogens with zero attached hydrogens (tertiary/aromatic N) is 3. The summed E-state index contributed by atoms with van der Waals surface area (Å²) in [5.74, 6) is 2.62. The minimum Gasteiger partial charge on any atom is -0.494 e. The Morgan fingerprint density at radius 3 is 2.68 bits per heavy atom. The van der Waals surface area contributed by atoms with Crippen LogP contribution in [0.1, 0.15) is 23.9 Å². The fourth-order valence-electron chi connectivity index (χ4n) is 3.12. The lowest BCUT2D eigenvalue weighted by Gasteiger charge is -2.14. The molecule has 0 amide bonds. The summed E-state index contributed by atoms with van der Waals surface area (Å²) in [6.45, 7) is 7.01. The zero-order chi connectivity index (χ0) is 19.5. The van der Waals surface area contributed by atoms with Crippen LogP contribution >= 0.6 is 0 Å². The summed E-state index contributed by atoms with van der Waals surface area (Å²) in [4.78, 5) is 9.22. The van der Waals surface area contributed by atoms with Crippen LogP contribution in [0.4, 0.5) is 5.82 Å². The number of benzene rings is 2. The third-order valence-corrected chi connectivity index (χ3v) is 4.46. The number of fused-ring (bicyclic) bond motifs is 1. The molecule has 28 heavy (non-hydrogen) atoms. The van der Waals surface area contributed by atoms with E-state index in [4.69, 9.17) is 14.2 Å². The van der Waals surface area contributed by atoms with E-state index in [9.17, 15) is 0 Å². The Kier molecular flexibility index (Phi) is 4.93. The molecule has 6 heteroatoms. The summed E-state index contributed by atoms with van der Waals surface area (Å²) in [5, 5.41) is 8.55. The van der Waals surface area contributed by atoms with E-state index in [1.165, 1.54) is 0 Å². The molecular formula is C22H22N4O2. The number of aromatic nitrogens is 3. The van der Waals surface area contributed by atoms with Gasteiger partial charge in [0, 0.05) is 24.4 Å². The van der Waals surface area contributed by atoms with E-state index in [1.807, 2.05) is 37.3 Å². The van der Waals surface area contributed by atoms with Gasteiger partial charge in [0.1, 0.15) is 11.6 Å². The quantitative estimate of drug-likeness (QED) is 0.517. The molecular weight excluding hydrogens is 352 g/mol. The topological polar surface area (TPSA) is 73.1 Å². The fourth-order valence-corrected chi connectivity index (χ4v) is 3.12. The molecule has 0 aliphatic carbocycles. The van der Waals surface area contributed by atoms with Gasteiger partial charge < -0.3 is 14.6 Å². The highest BCUT2D eigenvalue weighted by molar-refractivity contribution is 5.88. The Bertz CT molecular complexity index is 1120. The molecule has 4 aromatic rings. The minimum atomic E-state index is 0.520. The molecule has 1 N–H and O–H groups in total. The lowest BCUT2D eigenvalue weighted by atomic mass is 10.1. The highest BCUT2D eigenvalue weighted by atomic mass is 16.5. The van der Waals surface area contributed by atoms with Gasteiger partial charge in [-0.05, 0) is 37.6 Å². The SMILES string of the molecule is CCOc1ccccc1CNc1nc2cc(C)ccc2cc1-c1noc(C)n1. The molecule has 142 valence electrons. The number of anilines is 1. The lowest BCUT2D eigenvalue weighted by molar-refractivity contribution is 0.337. The van der Waals surface area contributed by atoms with Crippen molar-refractivity contribution >= 4 is 16.7 Å². The predicted molar refractivity (Wildman–Crippen MR) is 109 cm³/mol. The van der Waals surface area contributed by atoms with Gasteiger partial charge in [0.05, 0.1) is 17.7 Å². The lowest BCUT2D eigenvalue weighted by Crippen LogP contribution is -2.06. The van der Waals surface area contributed by atoms with Crippen molar-refractivity contribution in [1.29, 1.82) is 0 Å². The molecule has 4 rings (SSSR count). The number of hydrogen-bond donors (Lipinski definition) is 1. The van der Waals surface area contributed by atoms with E-state index in [0.717, 1.165) is 33.3 Å². The first-order valence-corrected chi connectivity index (χ1v) is 9.30. The molecule has 0 spiro atoms. The van der Waals surface area contributed by atoms with Crippen molar-refractivity contribution in [2.75, 3.05) is 11.9 Å². The standard InChI is InChI=1S/C22H22N4O2/c1-4-27-20-8-6-5-7-17(20)13-23-21-18(22-24-15(3)28-26-22)12-16-10-9-14(2)11-19(16)25-21/h5-12H,4,13H2,1-3H3,(H,23,25). The predicted octanol–water partition coefficient (Wildman–Crippen LogP) is 4.91. The number of para-hydroxylation sites is 1. The largest absolute Gasteiger partial charge is 0.494 e. The number of ether oxygens (including phenoxy) is 1. The fraction of sp³-hybridized carbons (Fsp3) is 0.227. The summed E-state index contributed by atoms with van der Waals surface area (Å²) in [7, 11) is 0. The van der Waals surface area contributed by atoms with Gasteiger partial charge in [-0.2, -0.15) is 4.98 Å². The highest BCUT2D eigenvalue weighted by Crippen LogP contribution is 2.30. The van der Waals surface area contributed by atoms with Gasteiger partial charge in [-0.15, -0.1) is 0 Å². The van der Waals surface area contributed by atoms with E-state index < -0.39 is 0 Å². The van der Waals surface area contributed by atoms with E-state index in [1.54, 1.807) is 6.92 Å². The maximum absolute atomic E-state index is 5.73. The first-order valence-electron chi connectivity index (χ1n) is 9.30. The van der Waals surface area contributed by atoms with Gasteiger partial charge in [0.2, 0.25) is 11.7 Å². The van der Waals surface area contributed by atoms with Crippen molar-refractivity contribution in [3.05, 3.63) is 65.5 Å². The van der Waals surface area contributed by atoms with Gasteiger partial charge in [0.15, 0.2) is 0 Å². The number of pyridine rings is 1. The molecule has 0 atom stereocenters. The van der Waals surface area contributed by atoms with Crippen LogP contribution in [0.25, 0.3) is 22.3 Å². The van der Waals surface area contributed by atoms with Crippen LogP contribution in [0.3, 0.4) is 0 Å². The van der Waals surface area contributed by atoms with Crippen LogP contribution in [-0.4, -0.2) is 21.7 Å².